The number of hydrogen-bond acceptors (Lipinski definition) is 7. The molecule has 1 aromatic heterocycles. The van der Waals surface area contributed by atoms with Crippen molar-refractivity contribution in [3.8, 4) is 0 Å². The Morgan fingerprint density at radius 1 is 1.24 bits per heavy atom. The summed E-state index contributed by atoms with van der Waals surface area (Å²) in [5, 5.41) is 6.38. The van der Waals surface area contributed by atoms with E-state index in [0.29, 0.717) is 17.2 Å². The van der Waals surface area contributed by atoms with Gasteiger partial charge >= 0.3 is 0 Å². The first-order valence-corrected chi connectivity index (χ1v) is 8.34. The molecule has 1 aromatic carbocycles. The zero-order chi connectivity index (χ0) is 17.8. The first-order chi connectivity index (χ1) is 12.0. The van der Waals surface area contributed by atoms with Gasteiger partial charge in [-0.3, -0.25) is 4.79 Å². The maximum atomic E-state index is 11.6. The molecule has 0 aliphatic heterocycles. The molecule has 1 aliphatic rings. The largest absolute Gasteiger partial charge is 0.399 e. The smallest absolute Gasteiger partial charge is 0.271 e. The minimum atomic E-state index is -0.653. The van der Waals surface area contributed by atoms with Gasteiger partial charge in [0.25, 0.3) is 5.91 Å². The Bertz CT molecular complexity index is 764. The van der Waals surface area contributed by atoms with E-state index in [0.717, 1.165) is 25.7 Å². The molecule has 2 aromatic rings. The third-order valence-electron chi connectivity index (χ3n) is 4.31. The number of primary amides is 1. The van der Waals surface area contributed by atoms with E-state index in [1.807, 2.05) is 6.07 Å². The van der Waals surface area contributed by atoms with Crippen LogP contribution in [0.3, 0.4) is 0 Å². The molecule has 0 spiro atoms. The van der Waals surface area contributed by atoms with Crippen LogP contribution in [0.4, 0.5) is 23.0 Å². The lowest BCUT2D eigenvalue weighted by molar-refractivity contribution is 0.0996. The zero-order valence-corrected chi connectivity index (χ0v) is 13.9. The molecular weight excluding hydrogens is 318 g/mol. The Labute approximate surface area is 146 Å². The van der Waals surface area contributed by atoms with Gasteiger partial charge in [-0.1, -0.05) is 18.9 Å². The molecule has 0 radical (unpaired) electrons. The maximum absolute atomic E-state index is 11.6. The normalized spacial score (nSPS) is 20.0. The van der Waals surface area contributed by atoms with Crippen molar-refractivity contribution < 1.29 is 4.79 Å². The molecule has 8 nitrogen and oxygen atoms in total. The second-order valence-corrected chi connectivity index (χ2v) is 6.27. The van der Waals surface area contributed by atoms with Crippen molar-refractivity contribution in [2.24, 2.45) is 11.5 Å². The van der Waals surface area contributed by atoms with E-state index in [4.69, 9.17) is 17.2 Å². The summed E-state index contributed by atoms with van der Waals surface area (Å²) in [4.78, 5) is 20.3. The molecule has 2 atom stereocenters. The van der Waals surface area contributed by atoms with Gasteiger partial charge in [0.2, 0.25) is 0 Å². The Hall–Kier alpha value is -2.87. The third kappa shape index (κ3) is 4.16. The van der Waals surface area contributed by atoms with Crippen LogP contribution in [0, 0.1) is 0 Å². The van der Waals surface area contributed by atoms with Crippen molar-refractivity contribution in [1.82, 2.24) is 9.97 Å². The SMILES string of the molecule is NC(=O)c1ncc(N[C@@H]2CCCC[C@@H]2N)nc1Nc1cccc(N)c1. The average molecular weight is 341 g/mol. The maximum Gasteiger partial charge on any atom is 0.271 e. The van der Waals surface area contributed by atoms with E-state index in [1.54, 1.807) is 18.2 Å². The molecule has 3 rings (SSSR count). The number of amides is 1. The van der Waals surface area contributed by atoms with Crippen LogP contribution in [-0.4, -0.2) is 28.0 Å². The predicted octanol–water partition coefficient (Wildman–Crippen LogP) is 1.58. The number of carbonyl (C=O) groups is 1. The van der Waals surface area contributed by atoms with Gasteiger partial charge in [0.1, 0.15) is 5.82 Å². The van der Waals surface area contributed by atoms with Crippen LogP contribution in [0.1, 0.15) is 36.2 Å². The summed E-state index contributed by atoms with van der Waals surface area (Å²) < 4.78 is 0. The van der Waals surface area contributed by atoms with E-state index in [-0.39, 0.29) is 23.6 Å². The van der Waals surface area contributed by atoms with E-state index >= 15 is 0 Å². The predicted molar refractivity (Wildman–Crippen MR) is 98.5 cm³/mol. The number of nitrogen functional groups attached to an aromatic ring is 1. The summed E-state index contributed by atoms with van der Waals surface area (Å²) >= 11 is 0. The number of rotatable bonds is 5. The topological polar surface area (TPSA) is 145 Å². The van der Waals surface area contributed by atoms with E-state index in [2.05, 4.69) is 20.6 Å². The Morgan fingerprint density at radius 3 is 2.76 bits per heavy atom. The lowest BCUT2D eigenvalue weighted by Gasteiger charge is -2.29. The molecular formula is C17H23N7O. The molecule has 1 heterocycles. The van der Waals surface area contributed by atoms with Crippen molar-refractivity contribution in [2.45, 2.75) is 37.8 Å². The van der Waals surface area contributed by atoms with Crippen LogP contribution in [0.2, 0.25) is 0 Å². The summed E-state index contributed by atoms with van der Waals surface area (Å²) in [5.41, 5.74) is 18.7. The van der Waals surface area contributed by atoms with Crippen molar-refractivity contribution in [1.29, 1.82) is 0 Å². The Morgan fingerprint density at radius 2 is 2.04 bits per heavy atom. The highest BCUT2D eigenvalue weighted by Crippen LogP contribution is 2.23. The molecule has 0 saturated heterocycles. The number of nitrogens with zero attached hydrogens (tertiary/aromatic N) is 2. The van der Waals surface area contributed by atoms with Crippen molar-refractivity contribution in [3.63, 3.8) is 0 Å². The van der Waals surface area contributed by atoms with Crippen LogP contribution in [0.25, 0.3) is 0 Å². The van der Waals surface area contributed by atoms with Crippen LogP contribution >= 0.6 is 0 Å². The van der Waals surface area contributed by atoms with Gasteiger partial charge in [0, 0.05) is 23.5 Å². The molecule has 1 saturated carbocycles. The molecule has 1 fully saturated rings. The number of nitrogens with two attached hydrogens (primary N) is 3. The first-order valence-electron chi connectivity index (χ1n) is 8.34. The number of benzene rings is 1. The highest BCUT2D eigenvalue weighted by molar-refractivity contribution is 5.96. The monoisotopic (exact) mass is 341 g/mol. The summed E-state index contributed by atoms with van der Waals surface area (Å²) in [6.07, 6.45) is 5.75. The molecule has 1 amide bonds. The van der Waals surface area contributed by atoms with E-state index in [9.17, 15) is 4.79 Å². The number of nitrogens with one attached hydrogen (secondary N) is 2. The highest BCUT2D eigenvalue weighted by atomic mass is 16.1. The fraction of sp³-hybridized carbons (Fsp3) is 0.353. The number of hydrogen-bond donors (Lipinski definition) is 5. The lowest BCUT2D eigenvalue weighted by atomic mass is 9.91. The minimum absolute atomic E-state index is 0.0703. The fourth-order valence-corrected chi connectivity index (χ4v) is 3.01. The molecule has 0 unspecified atom stereocenters. The fourth-order valence-electron chi connectivity index (χ4n) is 3.01. The summed E-state index contributed by atoms with van der Waals surface area (Å²) in [7, 11) is 0. The number of aromatic nitrogens is 2. The van der Waals surface area contributed by atoms with Gasteiger partial charge < -0.3 is 27.8 Å². The highest BCUT2D eigenvalue weighted by Gasteiger charge is 2.22. The van der Waals surface area contributed by atoms with Gasteiger partial charge in [0.15, 0.2) is 11.5 Å². The zero-order valence-electron chi connectivity index (χ0n) is 13.9. The number of carbonyl (C=O) groups excluding carboxylic acids is 1. The van der Waals surface area contributed by atoms with E-state index < -0.39 is 5.91 Å². The van der Waals surface area contributed by atoms with E-state index in [1.165, 1.54) is 6.20 Å². The van der Waals surface area contributed by atoms with Gasteiger partial charge in [-0.05, 0) is 31.0 Å². The summed E-state index contributed by atoms with van der Waals surface area (Å²) in [6.45, 7) is 0. The van der Waals surface area contributed by atoms with Gasteiger partial charge in [0.05, 0.1) is 6.20 Å². The van der Waals surface area contributed by atoms with Gasteiger partial charge in [-0.25, -0.2) is 9.97 Å². The second-order valence-electron chi connectivity index (χ2n) is 6.27. The standard InChI is InChI=1S/C17H23N7O/c18-10-4-3-5-11(8-10)22-17-15(16(20)25)21-9-14(24-17)23-13-7-2-1-6-12(13)19/h3-5,8-9,12-13H,1-2,6-7,18-19H2,(H2,20,25)(H2,22,23,24)/t12-,13+/m0/s1. The van der Waals surface area contributed by atoms with Crippen LogP contribution in [-0.2, 0) is 0 Å². The molecule has 8 heteroatoms. The van der Waals surface area contributed by atoms with Crippen LogP contribution < -0.4 is 27.8 Å². The molecule has 0 bridgehead atoms. The van der Waals surface area contributed by atoms with Crippen LogP contribution in [0.5, 0.6) is 0 Å². The average Bonchev–Trinajstić information content (AvgIpc) is 2.57. The van der Waals surface area contributed by atoms with Crippen LogP contribution in [0.15, 0.2) is 30.5 Å². The first kappa shape index (κ1) is 17.0. The molecule has 25 heavy (non-hydrogen) atoms. The lowest BCUT2D eigenvalue weighted by Crippen LogP contribution is -2.42. The third-order valence-corrected chi connectivity index (χ3v) is 4.31. The number of anilines is 4. The van der Waals surface area contributed by atoms with Gasteiger partial charge in [-0.2, -0.15) is 0 Å². The Balaban J connectivity index is 1.85. The van der Waals surface area contributed by atoms with Crippen molar-refractivity contribution in [2.75, 3.05) is 16.4 Å². The Kier molecular flexibility index (Phi) is 4.99. The summed E-state index contributed by atoms with van der Waals surface area (Å²) in [5.74, 6) is 0.186. The van der Waals surface area contributed by atoms with Crippen molar-refractivity contribution >= 4 is 28.9 Å². The molecule has 1 aliphatic carbocycles. The van der Waals surface area contributed by atoms with Crippen molar-refractivity contribution in [3.05, 3.63) is 36.2 Å². The summed E-state index contributed by atoms with van der Waals surface area (Å²) in [6, 6.07) is 7.36. The quantitative estimate of drug-likeness (QED) is 0.519. The van der Waals surface area contributed by atoms with Gasteiger partial charge in [-0.15, -0.1) is 0 Å². The second kappa shape index (κ2) is 7.35. The minimum Gasteiger partial charge on any atom is -0.399 e. The molecule has 132 valence electrons. The molecule has 8 N–H and O–H groups in total.